The Hall–Kier alpha value is -0.260. The van der Waals surface area contributed by atoms with Gasteiger partial charge in [0, 0.05) is 18.8 Å². The van der Waals surface area contributed by atoms with Crippen molar-refractivity contribution >= 4 is 17.7 Å². The fourth-order valence-electron chi connectivity index (χ4n) is 2.11. The Labute approximate surface area is 107 Å². The van der Waals surface area contributed by atoms with Crippen molar-refractivity contribution in [1.29, 1.82) is 0 Å². The van der Waals surface area contributed by atoms with Gasteiger partial charge in [0.15, 0.2) is 0 Å². The molecule has 1 unspecified atom stereocenters. The predicted octanol–water partition coefficient (Wildman–Crippen LogP) is 0.864. The molecule has 0 heterocycles. The van der Waals surface area contributed by atoms with Crippen LogP contribution in [0.15, 0.2) is 0 Å². The quantitative estimate of drug-likeness (QED) is 0.744. The molecule has 1 saturated carbocycles. The second kappa shape index (κ2) is 7.95. The van der Waals surface area contributed by atoms with Crippen molar-refractivity contribution in [2.45, 2.75) is 44.2 Å². The normalized spacial score (nSPS) is 19.0. The largest absolute Gasteiger partial charge is 0.394 e. The number of carbonyl (C=O) groups excluding carboxylic acids is 1. The summed E-state index contributed by atoms with van der Waals surface area (Å²) in [6.45, 7) is -0.236. The zero-order chi connectivity index (χ0) is 12.7. The Bertz CT molecular complexity index is 232. The molecule has 1 amide bonds. The molecule has 0 aromatic carbocycles. The molecule has 1 atom stereocenters. The van der Waals surface area contributed by atoms with Gasteiger partial charge in [0.2, 0.25) is 5.91 Å². The highest BCUT2D eigenvalue weighted by atomic mass is 32.2. The highest BCUT2D eigenvalue weighted by Gasteiger charge is 2.21. The second-order valence-corrected chi connectivity index (χ2v) is 5.68. The first-order valence-corrected chi connectivity index (χ1v) is 7.43. The van der Waals surface area contributed by atoms with E-state index in [1.165, 1.54) is 31.0 Å². The van der Waals surface area contributed by atoms with E-state index in [-0.39, 0.29) is 12.5 Å². The Morgan fingerprint density at radius 1 is 1.41 bits per heavy atom. The van der Waals surface area contributed by atoms with Crippen LogP contribution < -0.4 is 0 Å². The molecule has 4 nitrogen and oxygen atoms in total. The SMILES string of the molecule is CN(C(=O)CSCC(O)CO)C1CCCCC1. The molecule has 1 aliphatic rings. The summed E-state index contributed by atoms with van der Waals surface area (Å²) in [5.74, 6) is 0.942. The van der Waals surface area contributed by atoms with Crippen molar-refractivity contribution in [2.75, 3.05) is 25.2 Å². The van der Waals surface area contributed by atoms with Crippen molar-refractivity contribution in [3.05, 3.63) is 0 Å². The van der Waals surface area contributed by atoms with E-state index in [0.717, 1.165) is 12.8 Å². The molecule has 0 spiro atoms. The van der Waals surface area contributed by atoms with Gasteiger partial charge >= 0.3 is 0 Å². The van der Waals surface area contributed by atoms with Gasteiger partial charge in [0.1, 0.15) is 0 Å². The molecular formula is C12H23NO3S. The number of thioether (sulfide) groups is 1. The average Bonchev–Trinajstić information content (AvgIpc) is 2.38. The van der Waals surface area contributed by atoms with Gasteiger partial charge in [-0.1, -0.05) is 19.3 Å². The lowest BCUT2D eigenvalue weighted by Crippen LogP contribution is -2.39. The minimum atomic E-state index is -0.715. The zero-order valence-corrected chi connectivity index (χ0v) is 11.3. The summed E-state index contributed by atoms with van der Waals surface area (Å²) in [6, 6.07) is 0.402. The molecule has 100 valence electrons. The predicted molar refractivity (Wildman–Crippen MR) is 70.1 cm³/mol. The molecular weight excluding hydrogens is 238 g/mol. The summed E-state index contributed by atoms with van der Waals surface area (Å²) in [7, 11) is 1.88. The summed E-state index contributed by atoms with van der Waals surface area (Å²) < 4.78 is 0. The third kappa shape index (κ3) is 5.27. The number of rotatable bonds is 6. The Balaban J connectivity index is 2.21. The lowest BCUT2D eigenvalue weighted by Gasteiger charge is -2.31. The van der Waals surface area contributed by atoms with Crippen LogP contribution in [-0.4, -0.2) is 58.3 Å². The maximum absolute atomic E-state index is 11.9. The molecule has 17 heavy (non-hydrogen) atoms. The molecule has 0 saturated heterocycles. The van der Waals surface area contributed by atoms with Crippen molar-refractivity contribution in [2.24, 2.45) is 0 Å². The summed E-state index contributed by atoms with van der Waals surface area (Å²) in [5.41, 5.74) is 0. The summed E-state index contributed by atoms with van der Waals surface area (Å²) in [4.78, 5) is 13.7. The molecule has 1 fully saturated rings. The number of nitrogens with zero attached hydrogens (tertiary/aromatic N) is 1. The van der Waals surface area contributed by atoms with Gasteiger partial charge in [-0.05, 0) is 12.8 Å². The van der Waals surface area contributed by atoms with Crippen molar-refractivity contribution in [3.63, 3.8) is 0 Å². The summed E-state index contributed by atoms with van der Waals surface area (Å²) in [5, 5.41) is 17.8. The van der Waals surface area contributed by atoms with Gasteiger partial charge in [-0.25, -0.2) is 0 Å². The van der Waals surface area contributed by atoms with Gasteiger partial charge in [-0.2, -0.15) is 0 Å². The van der Waals surface area contributed by atoms with Crippen LogP contribution in [-0.2, 0) is 4.79 Å². The van der Waals surface area contributed by atoms with Crippen LogP contribution in [0.25, 0.3) is 0 Å². The number of carbonyl (C=O) groups is 1. The lowest BCUT2D eigenvalue weighted by molar-refractivity contribution is -0.129. The molecule has 5 heteroatoms. The highest BCUT2D eigenvalue weighted by Crippen LogP contribution is 2.22. The molecule has 0 aromatic heterocycles. The van der Waals surface area contributed by atoms with Crippen LogP contribution in [0.4, 0.5) is 0 Å². The van der Waals surface area contributed by atoms with Gasteiger partial charge < -0.3 is 15.1 Å². The third-order valence-corrected chi connectivity index (χ3v) is 4.33. The third-order valence-electron chi connectivity index (χ3n) is 3.26. The Kier molecular flexibility index (Phi) is 6.92. The van der Waals surface area contributed by atoms with Gasteiger partial charge in [-0.15, -0.1) is 11.8 Å². The minimum absolute atomic E-state index is 0.132. The van der Waals surface area contributed by atoms with Crippen molar-refractivity contribution in [1.82, 2.24) is 4.90 Å². The molecule has 2 N–H and O–H groups in total. The van der Waals surface area contributed by atoms with Crippen LogP contribution in [0.5, 0.6) is 0 Å². The van der Waals surface area contributed by atoms with E-state index in [1.54, 1.807) is 0 Å². The summed E-state index contributed by atoms with van der Waals surface area (Å²) >= 11 is 1.39. The van der Waals surface area contributed by atoms with E-state index in [0.29, 0.717) is 17.5 Å². The van der Waals surface area contributed by atoms with Gasteiger partial charge in [-0.3, -0.25) is 4.79 Å². The zero-order valence-electron chi connectivity index (χ0n) is 10.5. The molecule has 0 aromatic rings. The lowest BCUT2D eigenvalue weighted by atomic mass is 9.94. The van der Waals surface area contributed by atoms with E-state index in [2.05, 4.69) is 0 Å². The Morgan fingerprint density at radius 2 is 2.06 bits per heavy atom. The van der Waals surface area contributed by atoms with Crippen molar-refractivity contribution in [3.8, 4) is 0 Å². The van der Waals surface area contributed by atoms with Crippen LogP contribution in [0.3, 0.4) is 0 Å². The fourth-order valence-corrected chi connectivity index (χ4v) is 2.98. The van der Waals surface area contributed by atoms with Gasteiger partial charge in [0.05, 0.1) is 18.5 Å². The number of aliphatic hydroxyl groups excluding tert-OH is 2. The first kappa shape index (κ1) is 14.8. The number of amides is 1. The molecule has 0 aliphatic heterocycles. The van der Waals surface area contributed by atoms with E-state index in [4.69, 9.17) is 10.2 Å². The Morgan fingerprint density at radius 3 is 2.65 bits per heavy atom. The smallest absolute Gasteiger partial charge is 0.232 e. The average molecular weight is 261 g/mol. The molecule has 0 bridgehead atoms. The summed E-state index contributed by atoms with van der Waals surface area (Å²) in [6.07, 6.45) is 5.25. The highest BCUT2D eigenvalue weighted by molar-refractivity contribution is 7.99. The van der Waals surface area contributed by atoms with Crippen LogP contribution in [0, 0.1) is 0 Å². The van der Waals surface area contributed by atoms with Crippen LogP contribution >= 0.6 is 11.8 Å². The van der Waals surface area contributed by atoms with E-state index in [1.807, 2.05) is 11.9 Å². The first-order chi connectivity index (χ1) is 8.15. The maximum Gasteiger partial charge on any atom is 0.232 e. The maximum atomic E-state index is 11.9. The van der Waals surface area contributed by atoms with E-state index in [9.17, 15) is 4.79 Å². The topological polar surface area (TPSA) is 60.8 Å². The number of hydrogen-bond donors (Lipinski definition) is 2. The van der Waals surface area contributed by atoms with E-state index >= 15 is 0 Å². The monoisotopic (exact) mass is 261 g/mol. The molecule has 0 radical (unpaired) electrons. The second-order valence-electron chi connectivity index (χ2n) is 4.65. The van der Waals surface area contributed by atoms with E-state index < -0.39 is 6.10 Å². The number of hydrogen-bond acceptors (Lipinski definition) is 4. The minimum Gasteiger partial charge on any atom is -0.394 e. The van der Waals surface area contributed by atoms with Crippen LogP contribution in [0.1, 0.15) is 32.1 Å². The van der Waals surface area contributed by atoms with Crippen molar-refractivity contribution < 1.29 is 15.0 Å². The number of aliphatic hydroxyl groups is 2. The van der Waals surface area contributed by atoms with Gasteiger partial charge in [0.25, 0.3) is 0 Å². The van der Waals surface area contributed by atoms with Crippen LogP contribution in [0.2, 0.25) is 0 Å². The fraction of sp³-hybridized carbons (Fsp3) is 0.917. The molecule has 1 aliphatic carbocycles. The molecule has 1 rings (SSSR count). The first-order valence-electron chi connectivity index (χ1n) is 6.27. The standard InChI is InChI=1S/C12H23NO3S/c1-13(10-5-3-2-4-6-10)12(16)9-17-8-11(15)7-14/h10-11,14-15H,2-9H2,1H3.